The van der Waals surface area contributed by atoms with Crippen LogP contribution in [0.25, 0.3) is 0 Å². The van der Waals surface area contributed by atoms with Gasteiger partial charge in [0, 0.05) is 6.54 Å². The van der Waals surface area contributed by atoms with E-state index in [1.165, 1.54) is 6.20 Å². The molecule has 0 fully saturated rings. The van der Waals surface area contributed by atoms with Crippen LogP contribution in [0.5, 0.6) is 0 Å². The van der Waals surface area contributed by atoms with Crippen LogP contribution in [0.3, 0.4) is 0 Å². The third-order valence-electron chi connectivity index (χ3n) is 0.530. The summed E-state index contributed by atoms with van der Waals surface area (Å²) in [4.78, 5) is 9.91. The zero-order valence-electron chi connectivity index (χ0n) is 4.42. The van der Waals surface area contributed by atoms with E-state index in [2.05, 4.69) is 5.32 Å². The van der Waals surface area contributed by atoms with Gasteiger partial charge in [-0.05, 0) is 12.3 Å². The highest BCUT2D eigenvalue weighted by molar-refractivity contribution is 5.71. The Bertz CT molecular complexity index is 99.5. The Morgan fingerprint density at radius 1 is 1.75 bits per heavy atom. The summed E-state index contributed by atoms with van der Waals surface area (Å²) < 4.78 is 0. The molecule has 0 radical (unpaired) electrons. The Morgan fingerprint density at radius 3 is 2.75 bits per heavy atom. The topological polar surface area (TPSA) is 81.1 Å². The molecule has 0 aromatic carbocycles. The molecule has 0 aromatic rings. The third-order valence-corrected chi connectivity index (χ3v) is 0.530. The molecule has 0 unspecified atom stereocenters. The van der Waals surface area contributed by atoms with Gasteiger partial charge in [0.2, 0.25) is 0 Å². The average Bonchev–Trinajstić information content (AvgIpc) is 1.66. The van der Waals surface area contributed by atoms with E-state index in [1.54, 1.807) is 6.08 Å². The van der Waals surface area contributed by atoms with Gasteiger partial charge in [0.05, 0.1) is 0 Å². The molecule has 2 amide bonds. The predicted octanol–water partition coefficient (Wildman–Crippen LogP) is -0.873. The molecule has 8 heavy (non-hydrogen) atoms. The van der Waals surface area contributed by atoms with Crippen molar-refractivity contribution in [2.24, 2.45) is 11.5 Å². The summed E-state index contributed by atoms with van der Waals surface area (Å²) in [7, 11) is 0. The number of amides is 2. The summed E-state index contributed by atoms with van der Waals surface area (Å²) in [6.07, 6.45) is 2.93. The second-order valence-corrected chi connectivity index (χ2v) is 1.17. The van der Waals surface area contributed by atoms with Gasteiger partial charge in [0.15, 0.2) is 0 Å². The van der Waals surface area contributed by atoms with E-state index in [0.717, 1.165) is 0 Å². The minimum Gasteiger partial charge on any atom is -0.405 e. The summed E-state index contributed by atoms with van der Waals surface area (Å²) in [5, 5.41) is 2.32. The molecule has 0 saturated carbocycles. The lowest BCUT2D eigenvalue weighted by molar-refractivity contribution is 0.250. The lowest BCUT2D eigenvalue weighted by atomic mass is 10.6. The zero-order chi connectivity index (χ0) is 6.41. The maximum Gasteiger partial charge on any atom is 0.312 e. The summed E-state index contributed by atoms with van der Waals surface area (Å²) in [5.41, 5.74) is 9.65. The van der Waals surface area contributed by atoms with E-state index >= 15 is 0 Å². The van der Waals surface area contributed by atoms with Crippen molar-refractivity contribution in [2.45, 2.75) is 0 Å². The van der Waals surface area contributed by atoms with Crippen LogP contribution in [-0.4, -0.2) is 12.6 Å². The van der Waals surface area contributed by atoms with Crippen molar-refractivity contribution >= 4 is 6.03 Å². The molecule has 0 aromatic heterocycles. The van der Waals surface area contributed by atoms with Gasteiger partial charge in [0.25, 0.3) is 0 Å². The second-order valence-electron chi connectivity index (χ2n) is 1.17. The Kier molecular flexibility index (Phi) is 3.39. The van der Waals surface area contributed by atoms with Crippen molar-refractivity contribution in [3.05, 3.63) is 12.3 Å². The number of urea groups is 1. The van der Waals surface area contributed by atoms with Crippen LogP contribution in [0.15, 0.2) is 12.3 Å². The minimum atomic E-state index is -0.539. The van der Waals surface area contributed by atoms with Crippen LogP contribution < -0.4 is 16.8 Å². The SMILES string of the molecule is NC=CCNC(N)=O. The molecule has 0 aliphatic rings. The van der Waals surface area contributed by atoms with Crippen molar-refractivity contribution in [1.29, 1.82) is 0 Å². The van der Waals surface area contributed by atoms with Crippen LogP contribution in [0.4, 0.5) is 4.79 Å². The number of rotatable bonds is 2. The predicted molar refractivity (Wildman–Crippen MR) is 30.9 cm³/mol. The quantitative estimate of drug-likeness (QED) is 0.437. The largest absolute Gasteiger partial charge is 0.405 e. The van der Waals surface area contributed by atoms with Gasteiger partial charge in [-0.3, -0.25) is 0 Å². The summed E-state index contributed by atoms with van der Waals surface area (Å²) in [6, 6.07) is -0.539. The third kappa shape index (κ3) is 4.81. The number of primary amides is 1. The molecule has 0 aliphatic carbocycles. The van der Waals surface area contributed by atoms with E-state index < -0.39 is 6.03 Å². The minimum absolute atomic E-state index is 0.395. The normalized spacial score (nSPS) is 9.50. The summed E-state index contributed by atoms with van der Waals surface area (Å²) >= 11 is 0. The Hall–Kier alpha value is -1.19. The number of nitrogens with one attached hydrogen (secondary N) is 1. The lowest BCUT2D eigenvalue weighted by Gasteiger charge is -1.91. The van der Waals surface area contributed by atoms with Crippen molar-refractivity contribution < 1.29 is 4.79 Å². The molecule has 0 bridgehead atoms. The van der Waals surface area contributed by atoms with Gasteiger partial charge < -0.3 is 16.8 Å². The number of carbonyl (C=O) groups excluding carboxylic acids is 1. The molecule has 0 atom stereocenters. The van der Waals surface area contributed by atoms with Crippen LogP contribution in [-0.2, 0) is 0 Å². The number of carbonyl (C=O) groups is 1. The summed E-state index contributed by atoms with van der Waals surface area (Å²) in [5.74, 6) is 0. The smallest absolute Gasteiger partial charge is 0.312 e. The molecule has 4 heteroatoms. The number of nitrogens with two attached hydrogens (primary N) is 2. The molecule has 46 valence electrons. The Morgan fingerprint density at radius 2 is 2.38 bits per heavy atom. The Labute approximate surface area is 47.5 Å². The first kappa shape index (κ1) is 6.81. The van der Waals surface area contributed by atoms with E-state index in [4.69, 9.17) is 11.5 Å². The maximum absolute atomic E-state index is 9.91. The molecule has 0 saturated heterocycles. The van der Waals surface area contributed by atoms with Gasteiger partial charge in [-0.1, -0.05) is 0 Å². The van der Waals surface area contributed by atoms with Gasteiger partial charge in [-0.2, -0.15) is 0 Å². The standard InChI is InChI=1S/C4H9N3O/c5-2-1-3-7-4(6)8/h1-2H,3,5H2,(H3,6,7,8). The fraction of sp³-hybridized carbons (Fsp3) is 0.250. The van der Waals surface area contributed by atoms with Crippen LogP contribution >= 0.6 is 0 Å². The van der Waals surface area contributed by atoms with Crippen molar-refractivity contribution in [3.63, 3.8) is 0 Å². The molecular formula is C4H9N3O. The van der Waals surface area contributed by atoms with Gasteiger partial charge in [0.1, 0.15) is 0 Å². The highest BCUT2D eigenvalue weighted by atomic mass is 16.2. The highest BCUT2D eigenvalue weighted by Crippen LogP contribution is 1.59. The molecule has 0 rings (SSSR count). The van der Waals surface area contributed by atoms with Gasteiger partial charge in [-0.15, -0.1) is 0 Å². The van der Waals surface area contributed by atoms with E-state index in [-0.39, 0.29) is 0 Å². The average molecular weight is 115 g/mol. The fourth-order valence-corrected chi connectivity index (χ4v) is 0.228. The van der Waals surface area contributed by atoms with Crippen molar-refractivity contribution in [1.82, 2.24) is 5.32 Å². The van der Waals surface area contributed by atoms with Crippen LogP contribution in [0.2, 0.25) is 0 Å². The molecule has 5 N–H and O–H groups in total. The number of hydrogen-bond acceptors (Lipinski definition) is 2. The fourth-order valence-electron chi connectivity index (χ4n) is 0.228. The first-order valence-electron chi connectivity index (χ1n) is 2.17. The molecule has 0 heterocycles. The zero-order valence-corrected chi connectivity index (χ0v) is 4.42. The first-order chi connectivity index (χ1) is 3.77. The van der Waals surface area contributed by atoms with E-state index in [9.17, 15) is 4.79 Å². The molecule has 4 nitrogen and oxygen atoms in total. The molecule has 0 spiro atoms. The molecular weight excluding hydrogens is 106 g/mol. The second kappa shape index (κ2) is 3.98. The number of hydrogen-bond donors (Lipinski definition) is 3. The highest BCUT2D eigenvalue weighted by Gasteiger charge is 1.82. The van der Waals surface area contributed by atoms with E-state index in [1.807, 2.05) is 0 Å². The first-order valence-corrected chi connectivity index (χ1v) is 2.17. The maximum atomic E-state index is 9.91. The van der Waals surface area contributed by atoms with Crippen LogP contribution in [0.1, 0.15) is 0 Å². The summed E-state index contributed by atoms with van der Waals surface area (Å²) in [6.45, 7) is 0.395. The van der Waals surface area contributed by atoms with Crippen molar-refractivity contribution in [3.8, 4) is 0 Å². The lowest BCUT2D eigenvalue weighted by Crippen LogP contribution is -2.29. The molecule has 0 aliphatic heterocycles. The van der Waals surface area contributed by atoms with Gasteiger partial charge >= 0.3 is 6.03 Å². The monoisotopic (exact) mass is 115 g/mol. The van der Waals surface area contributed by atoms with Crippen molar-refractivity contribution in [2.75, 3.05) is 6.54 Å². The van der Waals surface area contributed by atoms with Gasteiger partial charge in [-0.25, -0.2) is 4.79 Å². The Balaban J connectivity index is 3.05. The van der Waals surface area contributed by atoms with E-state index in [0.29, 0.717) is 6.54 Å². The van der Waals surface area contributed by atoms with Crippen LogP contribution in [0, 0.1) is 0 Å².